The molecule has 2 rings (SSSR count). The summed E-state index contributed by atoms with van der Waals surface area (Å²) in [4.78, 5) is 7.99. The molecule has 0 aliphatic carbocycles. The highest BCUT2D eigenvalue weighted by Gasteiger charge is 1.99. The van der Waals surface area contributed by atoms with E-state index in [1.165, 1.54) is 0 Å². The molecule has 4 N–H and O–H groups in total. The number of hydrogen-bond donors (Lipinski definition) is 2. The Hall–Kier alpha value is -2.04. The number of nitrogens with two attached hydrogens (primary N) is 2. The Labute approximate surface area is 75.0 Å². The van der Waals surface area contributed by atoms with E-state index < -0.39 is 0 Å². The van der Waals surface area contributed by atoms with Crippen LogP contribution in [0, 0.1) is 0 Å². The van der Waals surface area contributed by atoms with Crippen LogP contribution in [0.3, 0.4) is 0 Å². The maximum atomic E-state index is 5.56. The molecule has 0 atom stereocenters. The Balaban J connectivity index is 2.49. The van der Waals surface area contributed by atoms with Crippen molar-refractivity contribution in [1.29, 1.82) is 0 Å². The maximum absolute atomic E-state index is 5.56. The van der Waals surface area contributed by atoms with Crippen molar-refractivity contribution in [2.45, 2.75) is 0 Å². The first-order valence-corrected chi connectivity index (χ1v) is 3.77. The molecule has 0 aromatic carbocycles. The predicted molar refractivity (Wildman–Crippen MR) is 50.2 cm³/mol. The second kappa shape index (κ2) is 2.78. The van der Waals surface area contributed by atoms with Crippen LogP contribution in [0.25, 0.3) is 5.82 Å². The van der Waals surface area contributed by atoms with E-state index in [2.05, 4.69) is 9.97 Å². The molecular weight excluding hydrogens is 166 g/mol. The van der Waals surface area contributed by atoms with Gasteiger partial charge in [0.1, 0.15) is 18.0 Å². The van der Waals surface area contributed by atoms with Gasteiger partial charge in [-0.15, -0.1) is 0 Å². The van der Waals surface area contributed by atoms with Gasteiger partial charge in [-0.05, 0) is 12.1 Å². The highest BCUT2D eigenvalue weighted by molar-refractivity contribution is 5.59. The quantitative estimate of drug-likeness (QED) is 0.658. The second-order valence-electron chi connectivity index (χ2n) is 2.61. The van der Waals surface area contributed by atoms with Crippen LogP contribution in [0.15, 0.2) is 30.9 Å². The van der Waals surface area contributed by atoms with Crippen molar-refractivity contribution < 1.29 is 0 Å². The summed E-state index contributed by atoms with van der Waals surface area (Å²) >= 11 is 0. The molecule has 0 saturated carbocycles. The fraction of sp³-hybridized carbons (Fsp3) is 0. The second-order valence-corrected chi connectivity index (χ2v) is 2.61. The molecule has 0 bridgehead atoms. The van der Waals surface area contributed by atoms with Gasteiger partial charge < -0.3 is 11.5 Å². The van der Waals surface area contributed by atoms with Crippen LogP contribution in [0.1, 0.15) is 0 Å². The third-order valence-corrected chi connectivity index (χ3v) is 1.71. The molecule has 2 aromatic heterocycles. The third kappa shape index (κ3) is 1.31. The fourth-order valence-electron chi connectivity index (χ4n) is 1.01. The number of nitrogen functional groups attached to an aromatic ring is 2. The molecule has 0 saturated heterocycles. The minimum atomic E-state index is 0.339. The Morgan fingerprint density at radius 1 is 1.23 bits per heavy atom. The molecule has 0 radical (unpaired) electrons. The van der Waals surface area contributed by atoms with Crippen molar-refractivity contribution in [3.63, 3.8) is 0 Å². The van der Waals surface area contributed by atoms with Crippen molar-refractivity contribution in [2.24, 2.45) is 0 Å². The molecule has 0 aliphatic rings. The Morgan fingerprint density at radius 3 is 2.69 bits per heavy atom. The summed E-state index contributed by atoms with van der Waals surface area (Å²) in [6.45, 7) is 0. The Kier molecular flexibility index (Phi) is 1.63. The lowest BCUT2D eigenvalue weighted by molar-refractivity contribution is 0.998. The smallest absolute Gasteiger partial charge is 0.149 e. The number of pyridine rings is 1. The van der Waals surface area contributed by atoms with Crippen LogP contribution in [0.5, 0.6) is 0 Å². The van der Waals surface area contributed by atoms with Gasteiger partial charge in [0.2, 0.25) is 0 Å². The first-order valence-electron chi connectivity index (χ1n) is 3.77. The summed E-state index contributed by atoms with van der Waals surface area (Å²) in [5.74, 6) is 1.05. The average Bonchev–Trinajstić information content (AvgIpc) is 2.62. The highest BCUT2D eigenvalue weighted by atomic mass is 15.1. The lowest BCUT2D eigenvalue weighted by Gasteiger charge is -2.03. The zero-order valence-corrected chi connectivity index (χ0v) is 6.88. The van der Waals surface area contributed by atoms with Crippen LogP contribution in [-0.2, 0) is 0 Å². The first kappa shape index (κ1) is 7.60. The van der Waals surface area contributed by atoms with E-state index >= 15 is 0 Å². The summed E-state index contributed by atoms with van der Waals surface area (Å²) in [6.07, 6.45) is 5.12. The summed E-state index contributed by atoms with van der Waals surface area (Å²) in [7, 11) is 0. The first-order chi connectivity index (χ1) is 6.27. The molecular formula is C8H9N5. The summed E-state index contributed by atoms with van der Waals surface area (Å²) in [6, 6.07) is 3.50. The SMILES string of the molecule is Nc1ccc(-n2ccnc2)nc1N. The van der Waals surface area contributed by atoms with Gasteiger partial charge in [-0.1, -0.05) is 0 Å². The van der Waals surface area contributed by atoms with E-state index in [1.54, 1.807) is 35.4 Å². The Bertz CT molecular complexity index is 406. The lowest BCUT2D eigenvalue weighted by atomic mass is 10.4. The largest absolute Gasteiger partial charge is 0.396 e. The zero-order valence-electron chi connectivity index (χ0n) is 6.88. The van der Waals surface area contributed by atoms with Crippen molar-refractivity contribution in [3.8, 4) is 5.82 Å². The topological polar surface area (TPSA) is 82.8 Å². The fourth-order valence-corrected chi connectivity index (χ4v) is 1.01. The summed E-state index contributed by atoms with van der Waals surface area (Å²) in [5, 5.41) is 0. The molecule has 0 unspecified atom stereocenters. The van der Waals surface area contributed by atoms with Gasteiger partial charge >= 0.3 is 0 Å². The molecule has 0 spiro atoms. The minimum Gasteiger partial charge on any atom is -0.396 e. The van der Waals surface area contributed by atoms with Crippen molar-refractivity contribution in [1.82, 2.24) is 14.5 Å². The van der Waals surface area contributed by atoms with E-state index in [0.717, 1.165) is 0 Å². The van der Waals surface area contributed by atoms with E-state index in [9.17, 15) is 0 Å². The number of rotatable bonds is 1. The zero-order chi connectivity index (χ0) is 9.26. The van der Waals surface area contributed by atoms with Gasteiger partial charge in [0.05, 0.1) is 5.69 Å². The highest BCUT2D eigenvalue weighted by Crippen LogP contribution is 2.13. The predicted octanol–water partition coefficient (Wildman–Crippen LogP) is 0.432. The van der Waals surface area contributed by atoms with E-state index in [-0.39, 0.29) is 0 Å². The molecule has 66 valence electrons. The maximum Gasteiger partial charge on any atom is 0.149 e. The summed E-state index contributed by atoms with van der Waals surface area (Å²) in [5.41, 5.74) is 11.6. The molecule has 13 heavy (non-hydrogen) atoms. The normalized spacial score (nSPS) is 10.2. The molecule has 5 heteroatoms. The number of imidazole rings is 1. The molecule has 2 heterocycles. The number of hydrogen-bond acceptors (Lipinski definition) is 4. The summed E-state index contributed by atoms with van der Waals surface area (Å²) < 4.78 is 1.76. The van der Waals surface area contributed by atoms with Crippen LogP contribution in [0.2, 0.25) is 0 Å². The van der Waals surface area contributed by atoms with Crippen molar-refractivity contribution >= 4 is 11.5 Å². The average molecular weight is 175 g/mol. The lowest BCUT2D eigenvalue weighted by Crippen LogP contribution is -2.01. The number of nitrogens with zero attached hydrogens (tertiary/aromatic N) is 3. The van der Waals surface area contributed by atoms with Gasteiger partial charge in [0.15, 0.2) is 0 Å². The van der Waals surface area contributed by atoms with Crippen LogP contribution < -0.4 is 11.5 Å². The third-order valence-electron chi connectivity index (χ3n) is 1.71. The van der Waals surface area contributed by atoms with Crippen LogP contribution >= 0.6 is 0 Å². The van der Waals surface area contributed by atoms with E-state index in [1.807, 2.05) is 0 Å². The standard InChI is InChI=1S/C8H9N5/c9-6-1-2-7(12-8(6)10)13-4-3-11-5-13/h1-5H,9H2,(H2,10,12). The van der Waals surface area contributed by atoms with Crippen molar-refractivity contribution in [3.05, 3.63) is 30.9 Å². The minimum absolute atomic E-state index is 0.339. The molecule has 5 nitrogen and oxygen atoms in total. The van der Waals surface area contributed by atoms with Gasteiger partial charge in [-0.25, -0.2) is 9.97 Å². The molecule has 0 amide bonds. The van der Waals surface area contributed by atoms with Gasteiger partial charge in [0.25, 0.3) is 0 Å². The number of aromatic nitrogens is 3. The monoisotopic (exact) mass is 175 g/mol. The Morgan fingerprint density at radius 2 is 2.08 bits per heavy atom. The van der Waals surface area contributed by atoms with Crippen LogP contribution in [0.4, 0.5) is 11.5 Å². The van der Waals surface area contributed by atoms with E-state index in [4.69, 9.17) is 11.5 Å². The molecule has 0 fully saturated rings. The van der Waals surface area contributed by atoms with Gasteiger partial charge in [-0.2, -0.15) is 0 Å². The molecule has 2 aromatic rings. The van der Waals surface area contributed by atoms with Crippen molar-refractivity contribution in [2.75, 3.05) is 11.5 Å². The molecule has 0 aliphatic heterocycles. The van der Waals surface area contributed by atoms with E-state index in [0.29, 0.717) is 17.3 Å². The number of anilines is 2. The van der Waals surface area contributed by atoms with Gasteiger partial charge in [0, 0.05) is 12.4 Å². The van der Waals surface area contributed by atoms with Crippen LogP contribution in [-0.4, -0.2) is 14.5 Å². The van der Waals surface area contributed by atoms with Gasteiger partial charge in [-0.3, -0.25) is 4.57 Å².